The van der Waals surface area contributed by atoms with E-state index in [1.165, 1.54) is 11.3 Å². The van der Waals surface area contributed by atoms with Crippen molar-refractivity contribution < 1.29 is 9.21 Å². The molecule has 0 spiro atoms. The number of urea groups is 1. The summed E-state index contributed by atoms with van der Waals surface area (Å²) in [5, 5.41) is 5.71. The first-order valence-corrected chi connectivity index (χ1v) is 8.21. The van der Waals surface area contributed by atoms with Crippen molar-refractivity contribution in [1.82, 2.24) is 15.5 Å². The molecule has 7 heteroatoms. The highest BCUT2D eigenvalue weighted by Gasteiger charge is 2.17. The fourth-order valence-electron chi connectivity index (χ4n) is 2.06. The number of amides is 2. The molecule has 2 N–H and O–H groups in total. The number of nitrogens with zero attached hydrogens (tertiary/aromatic N) is 1. The van der Waals surface area contributed by atoms with Crippen LogP contribution in [0.1, 0.15) is 16.7 Å². The van der Waals surface area contributed by atoms with Gasteiger partial charge in [-0.05, 0) is 44.8 Å². The third kappa shape index (κ3) is 5.05. The highest BCUT2D eigenvalue weighted by molar-refractivity contribution is 7.16. The maximum atomic E-state index is 11.8. The summed E-state index contributed by atoms with van der Waals surface area (Å²) in [5.74, 6) is 0.832. The number of hydrogen-bond acceptors (Lipinski definition) is 4. The van der Waals surface area contributed by atoms with Crippen LogP contribution in [0.2, 0.25) is 4.34 Å². The van der Waals surface area contributed by atoms with E-state index in [2.05, 4.69) is 10.6 Å². The van der Waals surface area contributed by atoms with E-state index in [4.69, 9.17) is 16.0 Å². The molecule has 120 valence electrons. The maximum Gasteiger partial charge on any atom is 0.314 e. The third-order valence-corrected chi connectivity index (χ3v) is 4.53. The van der Waals surface area contributed by atoms with Crippen molar-refractivity contribution in [2.24, 2.45) is 0 Å². The molecule has 0 saturated carbocycles. The molecule has 0 aromatic carbocycles. The Morgan fingerprint density at radius 2 is 2.18 bits per heavy atom. The van der Waals surface area contributed by atoms with Crippen LogP contribution < -0.4 is 10.6 Å². The Bertz CT molecular complexity index is 583. The molecule has 0 aliphatic carbocycles. The van der Waals surface area contributed by atoms with E-state index in [1.807, 2.05) is 43.3 Å². The summed E-state index contributed by atoms with van der Waals surface area (Å²) in [6.07, 6.45) is 2.41. The third-order valence-electron chi connectivity index (χ3n) is 3.24. The lowest BCUT2D eigenvalue weighted by molar-refractivity contribution is 0.225. The van der Waals surface area contributed by atoms with Gasteiger partial charge < -0.3 is 15.1 Å². The molecule has 2 amide bonds. The smallest absolute Gasteiger partial charge is 0.314 e. The van der Waals surface area contributed by atoms with E-state index in [0.717, 1.165) is 21.4 Å². The van der Waals surface area contributed by atoms with Crippen LogP contribution in [0.25, 0.3) is 0 Å². The van der Waals surface area contributed by atoms with Crippen molar-refractivity contribution >= 4 is 29.0 Å². The van der Waals surface area contributed by atoms with Crippen LogP contribution in [0, 0.1) is 0 Å². The SMILES string of the molecule is CN(C)[C@H](CNC(=O)NCCc1ccc(Cl)s1)c1ccco1. The number of carbonyl (C=O) groups excluding carboxylic acids is 1. The summed E-state index contributed by atoms with van der Waals surface area (Å²) >= 11 is 7.40. The number of furan rings is 1. The minimum Gasteiger partial charge on any atom is -0.468 e. The molecule has 0 unspecified atom stereocenters. The second-order valence-electron chi connectivity index (χ2n) is 5.09. The second-order valence-corrected chi connectivity index (χ2v) is 6.89. The minimum atomic E-state index is -0.180. The first-order chi connectivity index (χ1) is 10.6. The highest BCUT2D eigenvalue weighted by Crippen LogP contribution is 2.21. The molecule has 0 aliphatic rings. The Morgan fingerprint density at radius 1 is 1.36 bits per heavy atom. The predicted octanol–water partition coefficient (Wildman–Crippen LogP) is 3.14. The van der Waals surface area contributed by atoms with Gasteiger partial charge in [0.05, 0.1) is 16.6 Å². The number of rotatable bonds is 7. The summed E-state index contributed by atoms with van der Waals surface area (Å²) in [4.78, 5) is 15.0. The van der Waals surface area contributed by atoms with Crippen LogP contribution in [0.4, 0.5) is 4.79 Å². The van der Waals surface area contributed by atoms with Crippen molar-refractivity contribution in [2.75, 3.05) is 27.2 Å². The molecule has 2 aromatic heterocycles. The predicted molar refractivity (Wildman–Crippen MR) is 89.6 cm³/mol. The summed E-state index contributed by atoms with van der Waals surface area (Å²) in [6.45, 7) is 1.06. The molecule has 0 saturated heterocycles. The van der Waals surface area contributed by atoms with Gasteiger partial charge in [-0.3, -0.25) is 4.90 Å². The molecule has 2 heterocycles. The van der Waals surface area contributed by atoms with Crippen molar-refractivity contribution in [3.63, 3.8) is 0 Å². The Balaban J connectivity index is 1.72. The van der Waals surface area contributed by atoms with Crippen molar-refractivity contribution in [3.8, 4) is 0 Å². The number of carbonyl (C=O) groups is 1. The van der Waals surface area contributed by atoms with Crippen molar-refractivity contribution in [2.45, 2.75) is 12.5 Å². The van der Waals surface area contributed by atoms with E-state index in [9.17, 15) is 4.79 Å². The first kappa shape index (κ1) is 16.9. The molecule has 0 fully saturated rings. The normalized spacial score (nSPS) is 12.4. The van der Waals surface area contributed by atoms with Gasteiger partial charge in [0.2, 0.25) is 0 Å². The Morgan fingerprint density at radius 3 is 2.77 bits per heavy atom. The van der Waals surface area contributed by atoms with E-state index >= 15 is 0 Å². The van der Waals surface area contributed by atoms with Crippen LogP contribution in [-0.2, 0) is 6.42 Å². The van der Waals surface area contributed by atoms with Crippen LogP contribution >= 0.6 is 22.9 Å². The number of halogens is 1. The standard InChI is InChI=1S/C15H20ClN3O2S/c1-19(2)12(13-4-3-9-21-13)10-18-15(20)17-8-7-11-5-6-14(16)22-11/h3-6,9,12H,7-8,10H2,1-2H3,(H2,17,18,20)/t12-/m1/s1. The Labute approximate surface area is 139 Å². The number of hydrogen-bond donors (Lipinski definition) is 2. The fraction of sp³-hybridized carbons (Fsp3) is 0.400. The van der Waals surface area contributed by atoms with Gasteiger partial charge in [0.15, 0.2) is 0 Å². The van der Waals surface area contributed by atoms with Crippen molar-refractivity contribution in [3.05, 3.63) is 45.5 Å². The van der Waals surface area contributed by atoms with Gasteiger partial charge in [-0.1, -0.05) is 11.6 Å². The maximum absolute atomic E-state index is 11.8. The van der Waals surface area contributed by atoms with Gasteiger partial charge in [-0.2, -0.15) is 0 Å². The van der Waals surface area contributed by atoms with Gasteiger partial charge >= 0.3 is 6.03 Å². The number of nitrogens with one attached hydrogen (secondary N) is 2. The fourth-order valence-corrected chi connectivity index (χ4v) is 3.14. The van der Waals surface area contributed by atoms with Crippen LogP contribution in [0.15, 0.2) is 34.9 Å². The zero-order chi connectivity index (χ0) is 15.9. The summed E-state index contributed by atoms with van der Waals surface area (Å²) < 4.78 is 6.18. The van der Waals surface area contributed by atoms with Crippen LogP contribution in [0.3, 0.4) is 0 Å². The number of likely N-dealkylation sites (N-methyl/N-ethyl adjacent to an activating group) is 1. The average molecular weight is 342 g/mol. The van der Waals surface area contributed by atoms with Gasteiger partial charge in [0, 0.05) is 18.0 Å². The van der Waals surface area contributed by atoms with Gasteiger partial charge in [0.25, 0.3) is 0 Å². The summed E-state index contributed by atoms with van der Waals surface area (Å²) in [5.41, 5.74) is 0. The van der Waals surface area contributed by atoms with E-state index in [1.54, 1.807) is 6.26 Å². The molecule has 0 aliphatic heterocycles. The van der Waals surface area contributed by atoms with Crippen LogP contribution in [0.5, 0.6) is 0 Å². The molecule has 2 aromatic rings. The van der Waals surface area contributed by atoms with E-state index in [-0.39, 0.29) is 12.1 Å². The molecular weight excluding hydrogens is 322 g/mol. The minimum absolute atomic E-state index is 0.0110. The lowest BCUT2D eigenvalue weighted by Gasteiger charge is -2.22. The average Bonchev–Trinajstić information content (AvgIpc) is 3.11. The van der Waals surface area contributed by atoms with Crippen LogP contribution in [-0.4, -0.2) is 38.1 Å². The highest BCUT2D eigenvalue weighted by atomic mass is 35.5. The van der Waals surface area contributed by atoms with E-state index < -0.39 is 0 Å². The van der Waals surface area contributed by atoms with Crippen molar-refractivity contribution in [1.29, 1.82) is 0 Å². The molecule has 5 nitrogen and oxygen atoms in total. The van der Waals surface area contributed by atoms with Gasteiger partial charge in [-0.15, -0.1) is 11.3 Å². The molecular formula is C15H20ClN3O2S. The zero-order valence-electron chi connectivity index (χ0n) is 12.6. The number of thiophene rings is 1. The molecule has 0 bridgehead atoms. The Hall–Kier alpha value is -1.50. The zero-order valence-corrected chi connectivity index (χ0v) is 14.2. The second kappa shape index (κ2) is 8.22. The summed E-state index contributed by atoms with van der Waals surface area (Å²) in [7, 11) is 3.90. The largest absolute Gasteiger partial charge is 0.468 e. The first-order valence-electron chi connectivity index (χ1n) is 7.02. The van der Waals surface area contributed by atoms with E-state index in [0.29, 0.717) is 13.1 Å². The molecule has 2 rings (SSSR count). The molecule has 22 heavy (non-hydrogen) atoms. The summed E-state index contributed by atoms with van der Waals surface area (Å²) in [6, 6.07) is 7.43. The monoisotopic (exact) mass is 341 g/mol. The topological polar surface area (TPSA) is 57.5 Å². The van der Waals surface area contributed by atoms with Gasteiger partial charge in [-0.25, -0.2) is 4.79 Å². The Kier molecular flexibility index (Phi) is 6.30. The quantitative estimate of drug-likeness (QED) is 0.813. The lowest BCUT2D eigenvalue weighted by Crippen LogP contribution is -2.41. The molecule has 1 atom stereocenters. The van der Waals surface area contributed by atoms with Gasteiger partial charge in [0.1, 0.15) is 5.76 Å². The lowest BCUT2D eigenvalue weighted by atomic mass is 10.2. The molecule has 0 radical (unpaired) electrons.